The van der Waals surface area contributed by atoms with Gasteiger partial charge in [0.1, 0.15) is 5.58 Å². The summed E-state index contributed by atoms with van der Waals surface area (Å²) in [6, 6.07) is 46.7. The molecule has 0 N–H and O–H groups in total. The van der Waals surface area contributed by atoms with Gasteiger partial charge in [0, 0.05) is 33.4 Å². The molecule has 0 saturated carbocycles. The standard InChI is InChI=1S/C38H23NO/c1-3-13-25-23(11-1)34-24-12-2-4-14-26(24)35(25)37-29(34)20-21-31-36(37)28-15-5-7-17-30(28)39(31)32-18-9-16-27-22-10-6-8-19-33(22)40-38(27)32/h1-21,34-35H. The zero-order chi connectivity index (χ0) is 25.9. The third kappa shape index (κ3) is 2.41. The van der Waals surface area contributed by atoms with Crippen LogP contribution in [0.1, 0.15) is 45.2 Å². The Morgan fingerprint density at radius 2 is 1.07 bits per heavy atom. The summed E-state index contributed by atoms with van der Waals surface area (Å²) in [5, 5.41) is 4.96. The lowest BCUT2D eigenvalue weighted by atomic mass is 9.60. The number of rotatable bonds is 1. The van der Waals surface area contributed by atoms with E-state index in [1.165, 1.54) is 55.2 Å². The van der Waals surface area contributed by atoms with Crippen molar-refractivity contribution < 1.29 is 4.42 Å². The molecule has 0 fully saturated rings. The van der Waals surface area contributed by atoms with Crippen LogP contribution in [-0.2, 0) is 0 Å². The highest BCUT2D eigenvalue weighted by atomic mass is 16.3. The van der Waals surface area contributed by atoms with E-state index in [1.807, 2.05) is 6.07 Å². The van der Waals surface area contributed by atoms with Crippen molar-refractivity contribution >= 4 is 43.7 Å². The summed E-state index contributed by atoms with van der Waals surface area (Å²) in [4.78, 5) is 0. The summed E-state index contributed by atoms with van der Waals surface area (Å²) >= 11 is 0. The van der Waals surface area contributed by atoms with E-state index in [1.54, 1.807) is 0 Å². The lowest BCUT2D eigenvalue weighted by molar-refractivity contribution is 0.666. The Morgan fingerprint density at radius 3 is 1.85 bits per heavy atom. The van der Waals surface area contributed by atoms with Crippen LogP contribution in [0.4, 0.5) is 0 Å². The summed E-state index contributed by atoms with van der Waals surface area (Å²) in [6.07, 6.45) is 0. The largest absolute Gasteiger partial charge is 0.454 e. The van der Waals surface area contributed by atoms with Crippen LogP contribution in [0.3, 0.4) is 0 Å². The van der Waals surface area contributed by atoms with Gasteiger partial charge in [0.05, 0.1) is 16.7 Å². The Kier molecular flexibility index (Phi) is 3.81. The number of hydrogen-bond acceptors (Lipinski definition) is 1. The molecule has 11 rings (SSSR count). The normalized spacial score (nSPS) is 17.0. The molecule has 3 aliphatic rings. The van der Waals surface area contributed by atoms with E-state index in [4.69, 9.17) is 4.42 Å². The van der Waals surface area contributed by atoms with Crippen molar-refractivity contribution in [3.63, 3.8) is 0 Å². The van der Waals surface area contributed by atoms with Crippen molar-refractivity contribution in [2.24, 2.45) is 0 Å². The molecule has 0 atom stereocenters. The highest BCUT2D eigenvalue weighted by Crippen LogP contribution is 2.58. The second kappa shape index (κ2) is 7.31. The van der Waals surface area contributed by atoms with E-state index in [9.17, 15) is 0 Å². The fourth-order valence-electron chi connectivity index (χ4n) is 7.89. The SMILES string of the molecule is c1ccc2c(c1)C1c3ccccc3C2c2c1ccc1c2c2ccccc2n1-c1cccc2c1oc1ccccc12. The van der Waals surface area contributed by atoms with Gasteiger partial charge >= 0.3 is 0 Å². The van der Waals surface area contributed by atoms with Crippen LogP contribution in [0, 0.1) is 0 Å². The third-order valence-electron chi connectivity index (χ3n) is 9.37. The van der Waals surface area contributed by atoms with E-state index in [2.05, 4.69) is 126 Å². The van der Waals surface area contributed by atoms with Crippen LogP contribution >= 0.6 is 0 Å². The van der Waals surface area contributed by atoms with E-state index in [0.717, 1.165) is 27.6 Å². The number of fused-ring (bicyclic) bond motifs is 6. The molecule has 0 amide bonds. The van der Waals surface area contributed by atoms with Gasteiger partial charge in [-0.2, -0.15) is 0 Å². The average molecular weight is 510 g/mol. The molecular weight excluding hydrogens is 486 g/mol. The van der Waals surface area contributed by atoms with Crippen molar-refractivity contribution in [2.45, 2.75) is 11.8 Å². The van der Waals surface area contributed by atoms with Crippen LogP contribution in [0.5, 0.6) is 0 Å². The number of para-hydroxylation sites is 3. The lowest BCUT2D eigenvalue weighted by Crippen LogP contribution is -2.27. The van der Waals surface area contributed by atoms with Crippen molar-refractivity contribution in [2.75, 3.05) is 0 Å². The Hall–Kier alpha value is -5.08. The maximum absolute atomic E-state index is 6.54. The molecule has 186 valence electrons. The second-order valence-electron chi connectivity index (χ2n) is 11.2. The van der Waals surface area contributed by atoms with Crippen molar-refractivity contribution in [1.82, 2.24) is 4.57 Å². The predicted molar refractivity (Wildman–Crippen MR) is 163 cm³/mol. The van der Waals surface area contributed by atoms with E-state index in [-0.39, 0.29) is 11.8 Å². The van der Waals surface area contributed by atoms with Gasteiger partial charge in [-0.15, -0.1) is 0 Å². The minimum Gasteiger partial charge on any atom is -0.454 e. The molecular formula is C38H23NO. The fraction of sp³-hybridized carbons (Fsp3) is 0.0526. The third-order valence-corrected chi connectivity index (χ3v) is 9.37. The molecule has 2 aromatic heterocycles. The highest BCUT2D eigenvalue weighted by molar-refractivity contribution is 6.14. The molecule has 0 spiro atoms. The van der Waals surface area contributed by atoms with Gasteiger partial charge in [-0.05, 0) is 57.6 Å². The van der Waals surface area contributed by atoms with Gasteiger partial charge < -0.3 is 8.98 Å². The first kappa shape index (κ1) is 20.8. The molecule has 0 unspecified atom stereocenters. The minimum atomic E-state index is 0.220. The number of aromatic nitrogens is 1. The first-order chi connectivity index (χ1) is 19.9. The number of furan rings is 1. The van der Waals surface area contributed by atoms with E-state index < -0.39 is 0 Å². The van der Waals surface area contributed by atoms with Crippen molar-refractivity contribution in [3.05, 3.63) is 161 Å². The Balaban J connectivity index is 1.36. The smallest absolute Gasteiger partial charge is 0.159 e. The van der Waals surface area contributed by atoms with Crippen LogP contribution in [0.2, 0.25) is 0 Å². The van der Waals surface area contributed by atoms with Crippen LogP contribution in [0.25, 0.3) is 49.4 Å². The summed E-state index contributed by atoms with van der Waals surface area (Å²) in [5.74, 6) is 0.482. The van der Waals surface area contributed by atoms with Crippen LogP contribution in [0.15, 0.2) is 132 Å². The first-order valence-electron chi connectivity index (χ1n) is 14.0. The lowest BCUT2D eigenvalue weighted by Gasteiger charge is -2.42. The maximum Gasteiger partial charge on any atom is 0.159 e. The molecule has 8 aromatic rings. The minimum absolute atomic E-state index is 0.220. The summed E-state index contributed by atoms with van der Waals surface area (Å²) < 4.78 is 8.97. The number of nitrogens with zero attached hydrogens (tertiary/aromatic N) is 1. The molecule has 2 bridgehead atoms. The molecule has 0 aliphatic heterocycles. The molecule has 6 aromatic carbocycles. The summed E-state index contributed by atoms with van der Waals surface area (Å²) in [7, 11) is 0. The molecule has 2 heteroatoms. The summed E-state index contributed by atoms with van der Waals surface area (Å²) in [5.41, 5.74) is 14.1. The Bertz CT molecular complexity index is 2300. The topological polar surface area (TPSA) is 18.1 Å². The molecule has 3 aliphatic carbocycles. The van der Waals surface area contributed by atoms with Crippen molar-refractivity contribution in [1.29, 1.82) is 0 Å². The Morgan fingerprint density at radius 1 is 0.450 bits per heavy atom. The number of hydrogen-bond donors (Lipinski definition) is 0. The maximum atomic E-state index is 6.54. The average Bonchev–Trinajstić information content (AvgIpc) is 3.57. The van der Waals surface area contributed by atoms with E-state index in [0.29, 0.717) is 0 Å². The molecule has 40 heavy (non-hydrogen) atoms. The van der Waals surface area contributed by atoms with Crippen LogP contribution < -0.4 is 0 Å². The van der Waals surface area contributed by atoms with Crippen molar-refractivity contribution in [3.8, 4) is 5.69 Å². The van der Waals surface area contributed by atoms with Gasteiger partial charge in [-0.3, -0.25) is 0 Å². The number of benzene rings is 6. The van der Waals surface area contributed by atoms with Gasteiger partial charge in [-0.25, -0.2) is 0 Å². The zero-order valence-corrected chi connectivity index (χ0v) is 21.6. The Labute approximate surface area is 230 Å². The monoisotopic (exact) mass is 509 g/mol. The quantitative estimate of drug-likeness (QED) is 0.215. The second-order valence-corrected chi connectivity index (χ2v) is 11.2. The van der Waals surface area contributed by atoms with Gasteiger partial charge in [0.15, 0.2) is 5.58 Å². The molecule has 0 saturated heterocycles. The predicted octanol–water partition coefficient (Wildman–Crippen LogP) is 9.67. The van der Waals surface area contributed by atoms with Crippen LogP contribution in [-0.4, -0.2) is 4.57 Å². The molecule has 0 radical (unpaired) electrons. The first-order valence-corrected chi connectivity index (χ1v) is 14.0. The van der Waals surface area contributed by atoms with Gasteiger partial charge in [-0.1, -0.05) is 103 Å². The van der Waals surface area contributed by atoms with E-state index >= 15 is 0 Å². The van der Waals surface area contributed by atoms with Gasteiger partial charge in [0.2, 0.25) is 0 Å². The molecule has 2 heterocycles. The molecule has 2 nitrogen and oxygen atoms in total. The zero-order valence-electron chi connectivity index (χ0n) is 21.6. The summed E-state index contributed by atoms with van der Waals surface area (Å²) in [6.45, 7) is 0. The highest BCUT2D eigenvalue weighted by Gasteiger charge is 2.42. The fourth-order valence-corrected chi connectivity index (χ4v) is 7.89. The van der Waals surface area contributed by atoms with Gasteiger partial charge in [0.25, 0.3) is 0 Å².